The molecule has 1 atom stereocenters. The zero-order valence-corrected chi connectivity index (χ0v) is 15.2. The Balaban J connectivity index is 0. The average molecular weight is 362 g/mol. The molecule has 4 N–H and O–H groups in total. The maximum atomic E-state index is 11.1. The molecule has 0 aliphatic rings. The lowest BCUT2D eigenvalue weighted by atomic mass is 9.88. The summed E-state index contributed by atoms with van der Waals surface area (Å²) in [4.78, 5) is 22.1. The summed E-state index contributed by atoms with van der Waals surface area (Å²) >= 11 is 0. The molecule has 0 saturated heterocycles. The van der Waals surface area contributed by atoms with Gasteiger partial charge in [-0.2, -0.15) is 0 Å². The maximum Gasteiger partial charge on any atom is 0.333 e. The highest BCUT2D eigenvalue weighted by molar-refractivity contribution is 5.87. The topological polar surface area (TPSA) is 134 Å². The molecule has 1 unspecified atom stereocenters. The van der Waals surface area contributed by atoms with E-state index in [4.69, 9.17) is 29.9 Å². The van der Waals surface area contributed by atoms with Crippen molar-refractivity contribution in [2.45, 2.75) is 33.3 Å². The van der Waals surface area contributed by atoms with Crippen molar-refractivity contribution in [1.29, 1.82) is 0 Å². The lowest BCUT2D eigenvalue weighted by Crippen LogP contribution is -2.32. The molecule has 0 radical (unpaired) electrons. The second kappa shape index (κ2) is 13.5. The number of hydrogen-bond donors (Lipinski definition) is 4. The van der Waals surface area contributed by atoms with Crippen molar-refractivity contribution in [3.63, 3.8) is 0 Å². The molecule has 0 aromatic heterocycles. The zero-order valence-electron chi connectivity index (χ0n) is 15.2. The van der Waals surface area contributed by atoms with Gasteiger partial charge in [-0.3, -0.25) is 0 Å². The lowest BCUT2D eigenvalue weighted by molar-refractivity contribution is -0.156. The van der Waals surface area contributed by atoms with Crippen LogP contribution >= 0.6 is 0 Å². The molecule has 0 aliphatic heterocycles. The number of aliphatic hydroxyl groups excluding tert-OH is 4. The zero-order chi connectivity index (χ0) is 20.0. The largest absolute Gasteiger partial charge is 0.458 e. The van der Waals surface area contributed by atoms with E-state index >= 15 is 0 Å². The summed E-state index contributed by atoms with van der Waals surface area (Å²) in [6.45, 7) is 10.5. The molecule has 0 aromatic carbocycles. The summed E-state index contributed by atoms with van der Waals surface area (Å²) in [5.74, 6) is -1.23. The molecule has 0 amide bonds. The predicted molar refractivity (Wildman–Crippen MR) is 91.5 cm³/mol. The van der Waals surface area contributed by atoms with Gasteiger partial charge >= 0.3 is 11.9 Å². The van der Waals surface area contributed by atoms with Crippen LogP contribution in [0.1, 0.15) is 27.2 Å². The van der Waals surface area contributed by atoms with E-state index in [0.29, 0.717) is 6.42 Å². The van der Waals surface area contributed by atoms with E-state index in [0.717, 1.165) is 0 Å². The van der Waals surface area contributed by atoms with Crippen LogP contribution in [0.3, 0.4) is 0 Å². The van der Waals surface area contributed by atoms with E-state index in [1.807, 2.05) is 6.92 Å². The summed E-state index contributed by atoms with van der Waals surface area (Å²) in [6.07, 6.45) is -0.288. The van der Waals surface area contributed by atoms with Gasteiger partial charge < -0.3 is 29.9 Å². The highest BCUT2D eigenvalue weighted by Gasteiger charge is 2.24. The minimum absolute atomic E-state index is 0.156. The van der Waals surface area contributed by atoms with E-state index in [9.17, 15) is 9.59 Å². The van der Waals surface area contributed by atoms with Crippen LogP contribution in [0.2, 0.25) is 0 Å². The van der Waals surface area contributed by atoms with Gasteiger partial charge in [-0.1, -0.05) is 20.1 Å². The summed E-state index contributed by atoms with van der Waals surface area (Å²) in [5, 5.41) is 34.9. The van der Waals surface area contributed by atoms with Gasteiger partial charge in [0, 0.05) is 16.6 Å². The molecule has 0 heterocycles. The van der Waals surface area contributed by atoms with Crippen molar-refractivity contribution in [2.24, 2.45) is 5.41 Å². The van der Waals surface area contributed by atoms with Gasteiger partial charge in [0.2, 0.25) is 0 Å². The molecule has 0 fully saturated rings. The van der Waals surface area contributed by atoms with Gasteiger partial charge in [-0.15, -0.1) is 0 Å². The number of carbonyl (C=O) groups is 2. The SMILES string of the molecule is C=C(C)C(=O)OCC(CO)OC(=O)C(=C)C.CCC(CO)(CO)CO. The fourth-order valence-electron chi connectivity index (χ4n) is 1.15. The summed E-state index contributed by atoms with van der Waals surface area (Å²) in [5.41, 5.74) is -0.215. The summed E-state index contributed by atoms with van der Waals surface area (Å²) < 4.78 is 9.53. The fourth-order valence-corrected chi connectivity index (χ4v) is 1.15. The Morgan fingerprint density at radius 3 is 1.64 bits per heavy atom. The minimum Gasteiger partial charge on any atom is -0.458 e. The first-order valence-electron chi connectivity index (χ1n) is 7.75. The van der Waals surface area contributed by atoms with Gasteiger partial charge in [0.15, 0.2) is 6.10 Å². The second-order valence-electron chi connectivity index (χ2n) is 5.70. The number of ether oxygens (including phenoxy) is 2. The summed E-state index contributed by atoms with van der Waals surface area (Å²) in [6, 6.07) is 0. The number of carbonyl (C=O) groups excluding carboxylic acids is 2. The van der Waals surface area contributed by atoms with Gasteiger partial charge in [0.05, 0.1) is 26.4 Å². The Bertz CT molecular complexity index is 422. The first-order chi connectivity index (χ1) is 11.6. The van der Waals surface area contributed by atoms with Gasteiger partial charge in [-0.25, -0.2) is 9.59 Å². The van der Waals surface area contributed by atoms with Crippen molar-refractivity contribution in [2.75, 3.05) is 33.0 Å². The number of rotatable bonds is 10. The molecular weight excluding hydrogens is 332 g/mol. The van der Waals surface area contributed by atoms with E-state index in [2.05, 4.69) is 13.2 Å². The van der Waals surface area contributed by atoms with Gasteiger partial charge in [0.25, 0.3) is 0 Å². The van der Waals surface area contributed by atoms with Crippen LogP contribution in [-0.4, -0.2) is 71.5 Å². The molecular formula is C17H30O8. The lowest BCUT2D eigenvalue weighted by Gasteiger charge is -2.24. The van der Waals surface area contributed by atoms with Crippen molar-refractivity contribution in [3.05, 3.63) is 24.3 Å². The standard InChI is InChI=1S/C11H16O5.C6H14O3/c1-7(2)10(13)15-6-9(5-12)16-11(14)8(3)4;1-2-6(3-7,4-8)5-9/h9,12H,1,3,5-6H2,2,4H3;7-9H,2-5H2,1H3. The summed E-state index contributed by atoms with van der Waals surface area (Å²) in [7, 11) is 0. The van der Waals surface area contributed by atoms with Crippen molar-refractivity contribution in [1.82, 2.24) is 0 Å². The first kappa shape index (κ1) is 25.5. The van der Waals surface area contributed by atoms with Crippen LogP contribution in [-0.2, 0) is 19.1 Å². The molecule has 8 heteroatoms. The van der Waals surface area contributed by atoms with Crippen LogP contribution in [0.5, 0.6) is 0 Å². The highest BCUT2D eigenvalue weighted by atomic mass is 16.6. The van der Waals surface area contributed by atoms with Crippen LogP contribution in [0.4, 0.5) is 0 Å². The first-order valence-corrected chi connectivity index (χ1v) is 7.75. The fraction of sp³-hybridized carbons (Fsp3) is 0.647. The third-order valence-corrected chi connectivity index (χ3v) is 3.33. The van der Waals surface area contributed by atoms with Crippen LogP contribution in [0, 0.1) is 5.41 Å². The average Bonchev–Trinajstić information content (AvgIpc) is 2.60. The minimum atomic E-state index is -0.882. The smallest absolute Gasteiger partial charge is 0.333 e. The van der Waals surface area contributed by atoms with E-state index < -0.39 is 30.1 Å². The highest BCUT2D eigenvalue weighted by Crippen LogP contribution is 2.18. The monoisotopic (exact) mass is 362 g/mol. The molecule has 0 saturated carbocycles. The van der Waals surface area contributed by atoms with Crippen LogP contribution in [0.25, 0.3) is 0 Å². The Morgan fingerprint density at radius 1 is 0.960 bits per heavy atom. The molecule has 0 aliphatic carbocycles. The Morgan fingerprint density at radius 2 is 1.40 bits per heavy atom. The normalized spacial score (nSPS) is 11.6. The number of esters is 2. The Hall–Kier alpha value is -1.74. The molecule has 146 valence electrons. The van der Waals surface area contributed by atoms with Crippen molar-refractivity contribution < 1.29 is 39.5 Å². The quantitative estimate of drug-likeness (QED) is 0.314. The second-order valence-corrected chi connectivity index (χ2v) is 5.70. The Labute approximate surface area is 148 Å². The van der Waals surface area contributed by atoms with Crippen molar-refractivity contribution >= 4 is 11.9 Å². The molecule has 0 bridgehead atoms. The molecule has 25 heavy (non-hydrogen) atoms. The maximum absolute atomic E-state index is 11.1. The predicted octanol–water partition coefficient (Wildman–Crippen LogP) is -0.0544. The van der Waals surface area contributed by atoms with E-state index in [1.54, 1.807) is 0 Å². The molecule has 8 nitrogen and oxygen atoms in total. The molecule has 0 rings (SSSR count). The van der Waals surface area contributed by atoms with Gasteiger partial charge in [0.1, 0.15) is 6.61 Å². The molecule has 0 spiro atoms. The van der Waals surface area contributed by atoms with Crippen LogP contribution in [0.15, 0.2) is 24.3 Å². The van der Waals surface area contributed by atoms with E-state index in [-0.39, 0.29) is 37.6 Å². The number of hydrogen-bond acceptors (Lipinski definition) is 8. The third kappa shape index (κ3) is 10.7. The number of aliphatic hydroxyl groups is 4. The molecule has 0 aromatic rings. The Kier molecular flexibility index (Phi) is 13.8. The van der Waals surface area contributed by atoms with Crippen LogP contribution < -0.4 is 0 Å². The third-order valence-electron chi connectivity index (χ3n) is 3.33. The van der Waals surface area contributed by atoms with Gasteiger partial charge in [-0.05, 0) is 20.3 Å². The van der Waals surface area contributed by atoms with Crippen molar-refractivity contribution in [3.8, 4) is 0 Å². The van der Waals surface area contributed by atoms with E-state index in [1.165, 1.54) is 13.8 Å².